The average Bonchev–Trinajstić information content (AvgIpc) is 3.32. The van der Waals surface area contributed by atoms with Gasteiger partial charge in [0.05, 0.1) is 0 Å². The van der Waals surface area contributed by atoms with Gasteiger partial charge in [-0.15, -0.1) is 0 Å². The first-order valence-corrected chi connectivity index (χ1v) is 32.1. The number of rotatable bonds is 61. The normalized spacial score (nSPS) is 11.8. The minimum atomic E-state index is 1.37. The quantitative estimate of drug-likeness (QED) is 0.0550. The molecule has 1 heteroatoms. The molecule has 0 atom stereocenters. The summed E-state index contributed by atoms with van der Waals surface area (Å²) >= 11 is 0. The fourth-order valence-electron chi connectivity index (χ4n) is 10.8. The molecule has 0 bridgehead atoms. The van der Waals surface area contributed by atoms with E-state index in [2.05, 4.69) is 25.7 Å². The van der Waals surface area contributed by atoms with E-state index in [9.17, 15) is 0 Å². The van der Waals surface area contributed by atoms with Crippen molar-refractivity contribution in [2.24, 2.45) is 0 Å². The predicted octanol–water partition coefficient (Wildman–Crippen LogP) is 24.0. The van der Waals surface area contributed by atoms with Crippen molar-refractivity contribution in [2.75, 3.05) is 19.6 Å². The zero-order valence-electron chi connectivity index (χ0n) is 46.6. The van der Waals surface area contributed by atoms with E-state index in [1.807, 2.05) is 0 Å². The average molecular weight is 915 g/mol. The van der Waals surface area contributed by atoms with E-state index in [1.54, 1.807) is 0 Å². The molecule has 65 heavy (non-hydrogen) atoms. The SMILES string of the molecule is CCCCCCCCCCCCCCCCCCCCCCN(CCCCCCCCCCCCCCCCCCCC)CCCCCCCCCCCCCCCCCCCCCC. The Hall–Kier alpha value is -0.0400. The van der Waals surface area contributed by atoms with Crippen LogP contribution in [0.4, 0.5) is 0 Å². The van der Waals surface area contributed by atoms with E-state index >= 15 is 0 Å². The second-order valence-corrected chi connectivity index (χ2v) is 22.3. The zero-order valence-corrected chi connectivity index (χ0v) is 46.6. The van der Waals surface area contributed by atoms with Gasteiger partial charge in [-0.25, -0.2) is 0 Å². The van der Waals surface area contributed by atoms with Gasteiger partial charge in [0.15, 0.2) is 0 Å². The summed E-state index contributed by atoms with van der Waals surface area (Å²) < 4.78 is 0. The van der Waals surface area contributed by atoms with E-state index in [0.29, 0.717) is 0 Å². The third kappa shape index (κ3) is 60.0. The largest absolute Gasteiger partial charge is 0.303 e. The van der Waals surface area contributed by atoms with E-state index < -0.39 is 0 Å². The fraction of sp³-hybridized carbons (Fsp3) is 1.00. The van der Waals surface area contributed by atoms with E-state index in [0.717, 1.165) is 0 Å². The fourth-order valence-corrected chi connectivity index (χ4v) is 10.8. The third-order valence-electron chi connectivity index (χ3n) is 15.5. The molecule has 0 N–H and O–H groups in total. The van der Waals surface area contributed by atoms with Crippen molar-refractivity contribution in [2.45, 2.75) is 393 Å². The van der Waals surface area contributed by atoms with Gasteiger partial charge in [0.25, 0.3) is 0 Å². The highest BCUT2D eigenvalue weighted by Gasteiger charge is 2.06. The summed E-state index contributed by atoms with van der Waals surface area (Å²) in [6.07, 6.45) is 85.5. The van der Waals surface area contributed by atoms with Gasteiger partial charge in [-0.2, -0.15) is 0 Å². The van der Waals surface area contributed by atoms with Crippen LogP contribution in [0.2, 0.25) is 0 Å². The van der Waals surface area contributed by atoms with E-state index in [4.69, 9.17) is 0 Å². The number of unbranched alkanes of at least 4 members (excludes halogenated alkanes) is 55. The van der Waals surface area contributed by atoms with Crippen LogP contribution in [0.5, 0.6) is 0 Å². The Labute approximate surface area is 415 Å². The minimum Gasteiger partial charge on any atom is -0.303 e. The summed E-state index contributed by atoms with van der Waals surface area (Å²) in [5.41, 5.74) is 0. The smallest absolute Gasteiger partial charge is 0.00187 e. The van der Waals surface area contributed by atoms with Gasteiger partial charge in [0.1, 0.15) is 0 Å². The maximum absolute atomic E-state index is 2.90. The maximum Gasteiger partial charge on any atom is -0.00187 e. The molecule has 392 valence electrons. The highest BCUT2D eigenvalue weighted by Crippen LogP contribution is 2.19. The molecule has 0 aliphatic carbocycles. The molecule has 0 saturated carbocycles. The second-order valence-electron chi connectivity index (χ2n) is 22.3. The lowest BCUT2D eigenvalue weighted by atomic mass is 10.0. The van der Waals surface area contributed by atoms with Crippen LogP contribution in [0.15, 0.2) is 0 Å². The Kier molecular flexibility index (Phi) is 61.9. The number of hydrogen-bond donors (Lipinski definition) is 0. The molecule has 0 heterocycles. The van der Waals surface area contributed by atoms with Gasteiger partial charge in [-0.3, -0.25) is 0 Å². The first-order chi connectivity index (χ1) is 32.3. The molecule has 0 amide bonds. The summed E-state index contributed by atoms with van der Waals surface area (Å²) in [5, 5.41) is 0. The van der Waals surface area contributed by atoms with Gasteiger partial charge in [0, 0.05) is 0 Å². The monoisotopic (exact) mass is 914 g/mol. The molecule has 0 spiro atoms. The van der Waals surface area contributed by atoms with Crippen molar-refractivity contribution in [1.82, 2.24) is 4.90 Å². The molecular weight excluding hydrogens is 783 g/mol. The van der Waals surface area contributed by atoms with Crippen LogP contribution in [0.3, 0.4) is 0 Å². The lowest BCUT2D eigenvalue weighted by Gasteiger charge is -2.22. The molecule has 0 rings (SSSR count). The van der Waals surface area contributed by atoms with Gasteiger partial charge in [0.2, 0.25) is 0 Å². The van der Waals surface area contributed by atoms with Gasteiger partial charge < -0.3 is 4.90 Å². The molecule has 0 fully saturated rings. The Morgan fingerprint density at radius 1 is 0.123 bits per heavy atom. The summed E-state index contributed by atoms with van der Waals surface area (Å²) in [6, 6.07) is 0. The summed E-state index contributed by atoms with van der Waals surface area (Å²) in [7, 11) is 0. The van der Waals surface area contributed by atoms with Crippen molar-refractivity contribution < 1.29 is 0 Å². The Balaban J connectivity index is 3.96. The molecular formula is C64H131N. The second kappa shape index (κ2) is 62.0. The first kappa shape index (κ1) is 65.0. The molecule has 0 aliphatic rings. The van der Waals surface area contributed by atoms with Crippen molar-refractivity contribution in [3.63, 3.8) is 0 Å². The van der Waals surface area contributed by atoms with Crippen molar-refractivity contribution in [1.29, 1.82) is 0 Å². The standard InChI is InChI=1S/C64H131N/c1-4-7-10-13-16-19-22-25-28-31-34-36-39-42-45-48-51-54-57-60-63-65(62-59-56-53-50-47-44-41-38-33-30-27-24-21-18-15-12-9-6-3)64-61-58-55-52-49-46-43-40-37-35-32-29-26-23-20-17-14-11-8-5-2/h4-64H2,1-3H3. The molecule has 0 saturated heterocycles. The van der Waals surface area contributed by atoms with Gasteiger partial charge in [-0.05, 0) is 38.9 Å². The van der Waals surface area contributed by atoms with Gasteiger partial charge >= 0.3 is 0 Å². The third-order valence-corrected chi connectivity index (χ3v) is 15.5. The Morgan fingerprint density at radius 3 is 0.323 bits per heavy atom. The molecule has 0 aromatic carbocycles. The van der Waals surface area contributed by atoms with Crippen molar-refractivity contribution in [3.8, 4) is 0 Å². The molecule has 0 radical (unpaired) electrons. The lowest BCUT2D eigenvalue weighted by Crippen LogP contribution is -2.27. The summed E-state index contributed by atoms with van der Waals surface area (Å²) in [4.78, 5) is 2.90. The Morgan fingerprint density at radius 2 is 0.215 bits per heavy atom. The first-order valence-electron chi connectivity index (χ1n) is 32.1. The maximum atomic E-state index is 2.90. The number of nitrogens with zero attached hydrogens (tertiary/aromatic N) is 1. The minimum absolute atomic E-state index is 1.37. The van der Waals surface area contributed by atoms with Crippen LogP contribution in [0.25, 0.3) is 0 Å². The summed E-state index contributed by atoms with van der Waals surface area (Å²) in [6.45, 7) is 11.1. The van der Waals surface area contributed by atoms with Crippen LogP contribution >= 0.6 is 0 Å². The Bertz CT molecular complexity index is 731. The highest BCUT2D eigenvalue weighted by atomic mass is 15.1. The predicted molar refractivity (Wildman–Crippen MR) is 301 cm³/mol. The van der Waals surface area contributed by atoms with Gasteiger partial charge in [-0.1, -0.05) is 374 Å². The van der Waals surface area contributed by atoms with Crippen molar-refractivity contribution in [3.05, 3.63) is 0 Å². The zero-order chi connectivity index (χ0) is 46.7. The van der Waals surface area contributed by atoms with Crippen molar-refractivity contribution >= 4 is 0 Å². The molecule has 0 unspecified atom stereocenters. The lowest BCUT2D eigenvalue weighted by molar-refractivity contribution is 0.254. The molecule has 1 nitrogen and oxygen atoms in total. The van der Waals surface area contributed by atoms with Crippen LogP contribution in [0, 0.1) is 0 Å². The molecule has 0 aromatic rings. The molecule has 0 aliphatic heterocycles. The summed E-state index contributed by atoms with van der Waals surface area (Å²) in [5.74, 6) is 0. The number of hydrogen-bond acceptors (Lipinski definition) is 1. The van der Waals surface area contributed by atoms with Crippen LogP contribution in [0.1, 0.15) is 393 Å². The van der Waals surface area contributed by atoms with E-state index in [-0.39, 0.29) is 0 Å². The topological polar surface area (TPSA) is 3.24 Å². The van der Waals surface area contributed by atoms with Crippen LogP contribution in [-0.2, 0) is 0 Å². The van der Waals surface area contributed by atoms with Crippen LogP contribution < -0.4 is 0 Å². The molecule has 0 aromatic heterocycles. The highest BCUT2D eigenvalue weighted by molar-refractivity contribution is 4.62. The van der Waals surface area contributed by atoms with Crippen LogP contribution in [-0.4, -0.2) is 24.5 Å². The van der Waals surface area contributed by atoms with E-state index in [1.165, 1.54) is 392 Å².